The van der Waals surface area contributed by atoms with Gasteiger partial charge in [-0.15, -0.1) is 0 Å². The summed E-state index contributed by atoms with van der Waals surface area (Å²) in [5.41, 5.74) is 2.02. The maximum atomic E-state index is 12.7. The van der Waals surface area contributed by atoms with Gasteiger partial charge in [-0.25, -0.2) is 0 Å². The molecular formula is C21H21Cl2N3O2. The fourth-order valence-electron chi connectivity index (χ4n) is 2.77. The van der Waals surface area contributed by atoms with Gasteiger partial charge in [0.05, 0.1) is 6.04 Å². The second-order valence-electron chi connectivity index (χ2n) is 6.75. The number of aromatic nitrogens is 1. The molecule has 28 heavy (non-hydrogen) atoms. The number of nitrogens with zero attached hydrogens (tertiary/aromatic N) is 2. The van der Waals surface area contributed by atoms with Crippen molar-refractivity contribution in [2.24, 2.45) is 0 Å². The molecule has 0 aliphatic carbocycles. The van der Waals surface area contributed by atoms with Crippen molar-refractivity contribution >= 4 is 29.1 Å². The van der Waals surface area contributed by atoms with E-state index in [0.29, 0.717) is 15.8 Å². The first-order chi connectivity index (χ1) is 13.4. The third-order valence-electron chi connectivity index (χ3n) is 4.31. The standard InChI is InChI=1S/C21H21Cl2N3O2/c1-26(2)12-11-18(14-3-7-16(22)8-4-14)24-21(27)19-13-20(28-25-19)15-5-9-17(23)10-6-15/h3-10,13,18H,11-12H2,1-2H3,(H,24,27). The molecule has 1 heterocycles. The van der Waals surface area contributed by atoms with Crippen LogP contribution >= 0.6 is 23.2 Å². The molecule has 0 fully saturated rings. The Labute approximate surface area is 174 Å². The van der Waals surface area contributed by atoms with Gasteiger partial charge in [-0.2, -0.15) is 0 Å². The van der Waals surface area contributed by atoms with Gasteiger partial charge in [-0.1, -0.05) is 40.5 Å². The van der Waals surface area contributed by atoms with Crippen LogP contribution in [0.3, 0.4) is 0 Å². The maximum Gasteiger partial charge on any atom is 0.273 e. The monoisotopic (exact) mass is 417 g/mol. The molecule has 0 saturated heterocycles. The predicted octanol–water partition coefficient (Wildman–Crippen LogP) is 5.07. The molecule has 7 heteroatoms. The minimum absolute atomic E-state index is 0.164. The fraction of sp³-hybridized carbons (Fsp3) is 0.238. The molecular weight excluding hydrogens is 397 g/mol. The van der Waals surface area contributed by atoms with Gasteiger partial charge in [0.1, 0.15) is 0 Å². The van der Waals surface area contributed by atoms with Crippen LogP contribution in [0.4, 0.5) is 0 Å². The molecule has 1 unspecified atom stereocenters. The first-order valence-corrected chi connectivity index (χ1v) is 9.61. The summed E-state index contributed by atoms with van der Waals surface area (Å²) in [6.07, 6.45) is 0.752. The third-order valence-corrected chi connectivity index (χ3v) is 4.82. The molecule has 3 rings (SSSR count). The molecule has 146 valence electrons. The average Bonchev–Trinajstić information content (AvgIpc) is 3.16. The number of nitrogens with one attached hydrogen (secondary N) is 1. The molecule has 0 spiro atoms. The zero-order valence-electron chi connectivity index (χ0n) is 15.7. The second kappa shape index (κ2) is 9.24. The quantitative estimate of drug-likeness (QED) is 0.582. The topological polar surface area (TPSA) is 58.4 Å². The Balaban J connectivity index is 1.75. The first kappa shape index (κ1) is 20.4. The minimum atomic E-state index is -0.289. The summed E-state index contributed by atoms with van der Waals surface area (Å²) >= 11 is 11.9. The largest absolute Gasteiger partial charge is 0.355 e. The molecule has 3 aromatic rings. The highest BCUT2D eigenvalue weighted by atomic mass is 35.5. The molecule has 0 radical (unpaired) electrons. The lowest BCUT2D eigenvalue weighted by Crippen LogP contribution is -2.31. The van der Waals surface area contributed by atoms with Crippen molar-refractivity contribution in [1.82, 2.24) is 15.4 Å². The van der Waals surface area contributed by atoms with Gasteiger partial charge in [0.25, 0.3) is 5.91 Å². The molecule has 1 amide bonds. The van der Waals surface area contributed by atoms with Crippen molar-refractivity contribution in [2.75, 3.05) is 20.6 Å². The number of amides is 1. The predicted molar refractivity (Wildman–Crippen MR) is 112 cm³/mol. The van der Waals surface area contributed by atoms with E-state index < -0.39 is 0 Å². The lowest BCUT2D eigenvalue weighted by atomic mass is 10.0. The van der Waals surface area contributed by atoms with E-state index in [1.165, 1.54) is 0 Å². The molecule has 0 aliphatic heterocycles. The van der Waals surface area contributed by atoms with E-state index in [9.17, 15) is 4.79 Å². The Kier molecular flexibility index (Phi) is 6.73. The number of hydrogen-bond acceptors (Lipinski definition) is 4. The number of hydrogen-bond donors (Lipinski definition) is 1. The number of rotatable bonds is 7. The van der Waals surface area contributed by atoms with Gasteiger partial charge in [-0.05, 0) is 69.0 Å². The summed E-state index contributed by atoms with van der Waals surface area (Å²) in [7, 11) is 3.99. The highest BCUT2D eigenvalue weighted by Crippen LogP contribution is 2.24. The minimum Gasteiger partial charge on any atom is -0.355 e. The highest BCUT2D eigenvalue weighted by Gasteiger charge is 2.19. The zero-order valence-corrected chi connectivity index (χ0v) is 17.2. The number of halogens is 2. The molecule has 0 aliphatic rings. The summed E-state index contributed by atoms with van der Waals surface area (Å²) in [4.78, 5) is 14.8. The first-order valence-electron chi connectivity index (χ1n) is 8.86. The van der Waals surface area contributed by atoms with Gasteiger partial charge < -0.3 is 14.7 Å². The molecule has 0 bridgehead atoms. The van der Waals surface area contributed by atoms with Gasteiger partial charge >= 0.3 is 0 Å². The third kappa shape index (κ3) is 5.35. The maximum absolute atomic E-state index is 12.7. The van der Waals surface area contributed by atoms with E-state index in [4.69, 9.17) is 27.7 Å². The van der Waals surface area contributed by atoms with Gasteiger partial charge in [-0.3, -0.25) is 4.79 Å². The van der Waals surface area contributed by atoms with Crippen LogP contribution in [0, 0.1) is 0 Å². The molecule has 5 nitrogen and oxygen atoms in total. The second-order valence-corrected chi connectivity index (χ2v) is 7.63. The van der Waals surface area contributed by atoms with Crippen LogP contribution in [0.25, 0.3) is 11.3 Å². The van der Waals surface area contributed by atoms with Crippen LogP contribution in [-0.2, 0) is 0 Å². The van der Waals surface area contributed by atoms with Crippen LogP contribution in [-0.4, -0.2) is 36.6 Å². The van der Waals surface area contributed by atoms with Crippen molar-refractivity contribution in [3.05, 3.63) is 75.9 Å². The number of carbonyl (C=O) groups excluding carboxylic acids is 1. The highest BCUT2D eigenvalue weighted by molar-refractivity contribution is 6.30. The Bertz CT molecular complexity index is 922. The summed E-state index contributed by atoms with van der Waals surface area (Å²) in [6.45, 7) is 0.822. The van der Waals surface area contributed by atoms with Gasteiger partial charge in [0, 0.05) is 21.7 Å². The Morgan fingerprint density at radius 1 is 1.07 bits per heavy atom. The molecule has 1 atom stereocenters. The average molecular weight is 418 g/mol. The van der Waals surface area contributed by atoms with Crippen LogP contribution in [0.5, 0.6) is 0 Å². The van der Waals surface area contributed by atoms with Gasteiger partial charge in [0.2, 0.25) is 0 Å². The van der Waals surface area contributed by atoms with Crippen molar-refractivity contribution in [3.8, 4) is 11.3 Å². The molecule has 1 N–H and O–H groups in total. The lowest BCUT2D eigenvalue weighted by molar-refractivity contribution is 0.0923. The van der Waals surface area contributed by atoms with E-state index in [-0.39, 0.29) is 17.6 Å². The summed E-state index contributed by atoms with van der Waals surface area (Å²) < 4.78 is 5.33. The van der Waals surface area contributed by atoms with E-state index in [1.54, 1.807) is 18.2 Å². The summed E-state index contributed by atoms with van der Waals surface area (Å²) in [6, 6.07) is 16.1. The summed E-state index contributed by atoms with van der Waals surface area (Å²) in [5, 5.41) is 8.26. The van der Waals surface area contributed by atoms with E-state index in [2.05, 4.69) is 15.4 Å². The number of carbonyl (C=O) groups is 1. The SMILES string of the molecule is CN(C)CCC(NC(=O)c1cc(-c2ccc(Cl)cc2)on1)c1ccc(Cl)cc1. The van der Waals surface area contributed by atoms with Crippen LogP contribution < -0.4 is 5.32 Å². The fourth-order valence-corrected chi connectivity index (χ4v) is 3.02. The van der Waals surface area contributed by atoms with E-state index in [0.717, 1.165) is 24.1 Å². The van der Waals surface area contributed by atoms with Crippen LogP contribution in [0.1, 0.15) is 28.5 Å². The lowest BCUT2D eigenvalue weighted by Gasteiger charge is -2.21. The number of benzene rings is 2. The zero-order chi connectivity index (χ0) is 20.1. The van der Waals surface area contributed by atoms with Gasteiger partial charge in [0.15, 0.2) is 11.5 Å². The Morgan fingerprint density at radius 3 is 2.29 bits per heavy atom. The van der Waals surface area contributed by atoms with E-state index in [1.807, 2.05) is 50.5 Å². The van der Waals surface area contributed by atoms with Crippen LogP contribution in [0.2, 0.25) is 10.0 Å². The van der Waals surface area contributed by atoms with E-state index >= 15 is 0 Å². The Hall–Kier alpha value is -2.34. The van der Waals surface area contributed by atoms with Crippen molar-refractivity contribution < 1.29 is 9.32 Å². The Morgan fingerprint density at radius 2 is 1.68 bits per heavy atom. The van der Waals surface area contributed by atoms with Crippen LogP contribution in [0.15, 0.2) is 59.1 Å². The normalized spacial score (nSPS) is 12.2. The summed E-state index contributed by atoms with van der Waals surface area (Å²) in [5.74, 6) is 0.223. The van der Waals surface area contributed by atoms with Crippen molar-refractivity contribution in [3.63, 3.8) is 0 Å². The smallest absolute Gasteiger partial charge is 0.273 e. The molecule has 0 saturated carbocycles. The molecule has 2 aromatic carbocycles. The van der Waals surface area contributed by atoms with Crippen molar-refractivity contribution in [2.45, 2.75) is 12.5 Å². The van der Waals surface area contributed by atoms with Crippen molar-refractivity contribution in [1.29, 1.82) is 0 Å². The molecule has 1 aromatic heterocycles.